The van der Waals surface area contributed by atoms with Gasteiger partial charge in [-0.3, -0.25) is 4.79 Å². The van der Waals surface area contributed by atoms with Crippen molar-refractivity contribution in [2.24, 2.45) is 5.41 Å². The van der Waals surface area contributed by atoms with E-state index < -0.39 is 0 Å². The number of anilines is 1. The number of hydrogen-bond acceptors (Lipinski definition) is 3. The molecule has 0 aromatic carbocycles. The van der Waals surface area contributed by atoms with Crippen molar-refractivity contribution in [1.82, 2.24) is 9.55 Å². The molecule has 0 radical (unpaired) electrons. The Morgan fingerprint density at radius 2 is 2.05 bits per heavy atom. The molecule has 0 aliphatic rings. The average Bonchev–Trinajstić information content (AvgIpc) is 2.45. The van der Waals surface area contributed by atoms with E-state index in [1.807, 2.05) is 6.92 Å². The highest BCUT2D eigenvalue weighted by Crippen LogP contribution is 2.27. The Bertz CT molecular complexity index is 432. The summed E-state index contributed by atoms with van der Waals surface area (Å²) in [5, 5.41) is 3.18. The monoisotopic (exact) mass is 285 g/mol. The largest absolute Gasteiger partial charge is 0.365 e. The Balaban J connectivity index is 2.83. The van der Waals surface area contributed by atoms with E-state index in [0.29, 0.717) is 18.2 Å². The van der Waals surface area contributed by atoms with E-state index in [4.69, 9.17) is 11.6 Å². The van der Waals surface area contributed by atoms with Crippen LogP contribution in [0.25, 0.3) is 0 Å². The van der Waals surface area contributed by atoms with E-state index in [0.717, 1.165) is 25.8 Å². The summed E-state index contributed by atoms with van der Waals surface area (Å²) in [5.41, 5.74) is -0.0267. The van der Waals surface area contributed by atoms with Gasteiger partial charge in [0.15, 0.2) is 5.82 Å². The smallest absolute Gasteiger partial charge is 0.293 e. The van der Waals surface area contributed by atoms with Crippen molar-refractivity contribution in [3.63, 3.8) is 0 Å². The van der Waals surface area contributed by atoms with E-state index in [2.05, 4.69) is 24.1 Å². The Labute approximate surface area is 120 Å². The summed E-state index contributed by atoms with van der Waals surface area (Å²) in [5.74, 6) is 1.01. The molecule has 19 heavy (non-hydrogen) atoms. The lowest BCUT2D eigenvalue weighted by atomic mass is 9.84. The minimum Gasteiger partial charge on any atom is -0.365 e. The fourth-order valence-corrected chi connectivity index (χ4v) is 2.47. The SMILES string of the molecule is CCCn1ccnc(NCC(CC)(CC)CCl)c1=O. The molecule has 0 unspecified atom stereocenters. The summed E-state index contributed by atoms with van der Waals surface area (Å²) in [4.78, 5) is 16.3. The molecular formula is C14H24ClN3O. The van der Waals surface area contributed by atoms with Gasteiger partial charge in [0, 0.05) is 36.8 Å². The molecule has 1 N–H and O–H groups in total. The maximum Gasteiger partial charge on any atom is 0.293 e. The number of hydrogen-bond donors (Lipinski definition) is 1. The summed E-state index contributed by atoms with van der Waals surface area (Å²) in [6, 6.07) is 0. The molecular weight excluding hydrogens is 262 g/mol. The molecule has 0 bridgehead atoms. The molecule has 1 aromatic heterocycles. The second-order valence-corrected chi connectivity index (χ2v) is 5.24. The van der Waals surface area contributed by atoms with Gasteiger partial charge in [-0.1, -0.05) is 20.8 Å². The molecule has 4 nitrogen and oxygen atoms in total. The number of nitrogens with zero attached hydrogens (tertiary/aromatic N) is 2. The van der Waals surface area contributed by atoms with Crippen LogP contribution in [-0.4, -0.2) is 22.0 Å². The molecule has 0 spiro atoms. The van der Waals surface area contributed by atoms with E-state index >= 15 is 0 Å². The Morgan fingerprint density at radius 3 is 2.58 bits per heavy atom. The number of aromatic nitrogens is 2. The highest BCUT2D eigenvalue weighted by atomic mass is 35.5. The number of alkyl halides is 1. The molecule has 0 amide bonds. The van der Waals surface area contributed by atoms with Crippen LogP contribution in [0.4, 0.5) is 5.82 Å². The molecule has 0 aliphatic heterocycles. The topological polar surface area (TPSA) is 46.9 Å². The first kappa shape index (κ1) is 16.0. The summed E-state index contributed by atoms with van der Waals surface area (Å²) in [6.45, 7) is 7.70. The molecule has 0 atom stereocenters. The second kappa shape index (κ2) is 7.53. The zero-order valence-corrected chi connectivity index (χ0v) is 12.8. The van der Waals surface area contributed by atoms with Crippen molar-refractivity contribution >= 4 is 17.4 Å². The van der Waals surface area contributed by atoms with Gasteiger partial charge in [-0.15, -0.1) is 11.6 Å². The van der Waals surface area contributed by atoms with Crippen molar-refractivity contribution < 1.29 is 0 Å². The predicted molar refractivity (Wildman–Crippen MR) is 81.0 cm³/mol. The summed E-state index contributed by atoms with van der Waals surface area (Å²) in [7, 11) is 0. The van der Waals surface area contributed by atoms with Crippen LogP contribution in [0.3, 0.4) is 0 Å². The van der Waals surface area contributed by atoms with Crippen LogP contribution in [0.1, 0.15) is 40.0 Å². The fraction of sp³-hybridized carbons (Fsp3) is 0.714. The molecule has 1 aromatic rings. The van der Waals surface area contributed by atoms with Gasteiger partial charge in [-0.05, 0) is 19.3 Å². The molecule has 5 heteroatoms. The minimum absolute atomic E-state index is 0.0289. The lowest BCUT2D eigenvalue weighted by Gasteiger charge is -2.29. The zero-order chi connectivity index (χ0) is 14.3. The first-order valence-electron chi connectivity index (χ1n) is 6.97. The third-order valence-corrected chi connectivity index (χ3v) is 4.36. The predicted octanol–water partition coefficient (Wildman–Crippen LogP) is 3.11. The van der Waals surface area contributed by atoms with Crippen LogP contribution in [0.2, 0.25) is 0 Å². The maximum atomic E-state index is 12.1. The van der Waals surface area contributed by atoms with Crippen molar-refractivity contribution in [3.05, 3.63) is 22.7 Å². The van der Waals surface area contributed by atoms with Gasteiger partial charge in [-0.25, -0.2) is 4.98 Å². The van der Waals surface area contributed by atoms with E-state index in [9.17, 15) is 4.79 Å². The average molecular weight is 286 g/mol. The number of rotatable bonds is 8. The number of aryl methyl sites for hydroxylation is 1. The van der Waals surface area contributed by atoms with Crippen LogP contribution in [-0.2, 0) is 6.54 Å². The molecule has 0 saturated carbocycles. The van der Waals surface area contributed by atoms with Gasteiger partial charge in [0.1, 0.15) is 0 Å². The normalized spacial score (nSPS) is 11.6. The van der Waals surface area contributed by atoms with Crippen LogP contribution >= 0.6 is 11.6 Å². The lowest BCUT2D eigenvalue weighted by Crippen LogP contribution is -2.33. The van der Waals surface area contributed by atoms with Gasteiger partial charge in [0.2, 0.25) is 0 Å². The minimum atomic E-state index is -0.0555. The molecule has 1 heterocycles. The van der Waals surface area contributed by atoms with Gasteiger partial charge in [-0.2, -0.15) is 0 Å². The second-order valence-electron chi connectivity index (χ2n) is 4.97. The lowest BCUT2D eigenvalue weighted by molar-refractivity contribution is 0.326. The first-order chi connectivity index (χ1) is 9.12. The summed E-state index contributed by atoms with van der Waals surface area (Å²) >= 11 is 6.07. The number of halogens is 1. The molecule has 0 aliphatic carbocycles. The summed E-state index contributed by atoms with van der Waals surface area (Å²) < 4.78 is 1.69. The van der Waals surface area contributed by atoms with Gasteiger partial charge >= 0.3 is 0 Å². The molecule has 108 valence electrons. The Kier molecular flexibility index (Phi) is 6.35. The summed E-state index contributed by atoms with van der Waals surface area (Å²) in [6.07, 6.45) is 6.29. The van der Waals surface area contributed by atoms with Crippen LogP contribution in [0, 0.1) is 5.41 Å². The van der Waals surface area contributed by atoms with Gasteiger partial charge < -0.3 is 9.88 Å². The molecule has 0 fully saturated rings. The third-order valence-electron chi connectivity index (χ3n) is 3.79. The third kappa shape index (κ3) is 3.96. The van der Waals surface area contributed by atoms with Crippen LogP contribution in [0.15, 0.2) is 17.2 Å². The Hall–Kier alpha value is -1.03. The standard InChI is InChI=1S/C14H24ClN3O/c1-4-8-18-9-7-16-12(13(18)19)17-11-14(5-2,6-3)10-15/h7,9H,4-6,8,10-11H2,1-3H3,(H,16,17). The van der Waals surface area contributed by atoms with Gasteiger partial charge in [0.05, 0.1) is 0 Å². The van der Waals surface area contributed by atoms with Gasteiger partial charge in [0.25, 0.3) is 5.56 Å². The van der Waals surface area contributed by atoms with Crippen LogP contribution < -0.4 is 10.9 Å². The van der Waals surface area contributed by atoms with Crippen molar-refractivity contribution in [3.8, 4) is 0 Å². The van der Waals surface area contributed by atoms with Crippen molar-refractivity contribution in [1.29, 1.82) is 0 Å². The van der Waals surface area contributed by atoms with E-state index in [1.165, 1.54) is 0 Å². The molecule has 1 rings (SSSR count). The van der Waals surface area contributed by atoms with Crippen molar-refractivity contribution in [2.45, 2.75) is 46.6 Å². The highest BCUT2D eigenvalue weighted by molar-refractivity contribution is 6.18. The molecule has 0 saturated heterocycles. The quantitative estimate of drug-likeness (QED) is 0.747. The van der Waals surface area contributed by atoms with Crippen LogP contribution in [0.5, 0.6) is 0 Å². The highest BCUT2D eigenvalue weighted by Gasteiger charge is 2.25. The number of nitrogens with one attached hydrogen (secondary N) is 1. The van der Waals surface area contributed by atoms with E-state index in [-0.39, 0.29) is 11.0 Å². The van der Waals surface area contributed by atoms with Crippen molar-refractivity contribution in [2.75, 3.05) is 17.7 Å². The Morgan fingerprint density at radius 1 is 1.37 bits per heavy atom. The fourth-order valence-electron chi connectivity index (χ4n) is 1.99. The zero-order valence-electron chi connectivity index (χ0n) is 12.1. The van der Waals surface area contributed by atoms with E-state index in [1.54, 1.807) is 17.0 Å². The maximum absolute atomic E-state index is 12.1. The first-order valence-corrected chi connectivity index (χ1v) is 7.51.